The molecule has 1 aromatic carbocycles. The van der Waals surface area contributed by atoms with E-state index in [1.54, 1.807) is 30.3 Å². The van der Waals surface area contributed by atoms with E-state index >= 15 is 0 Å². The molecule has 0 aliphatic carbocycles. The number of nitrogens with two attached hydrogens (primary N) is 1. The van der Waals surface area contributed by atoms with Crippen molar-refractivity contribution in [1.29, 1.82) is 0 Å². The van der Waals surface area contributed by atoms with Crippen LogP contribution >= 0.6 is 0 Å². The van der Waals surface area contributed by atoms with E-state index in [2.05, 4.69) is 14.6 Å². The number of hydrogen-bond donors (Lipinski definition) is 4. The molecule has 0 saturated carbocycles. The molecule has 0 aromatic heterocycles. The highest BCUT2D eigenvalue weighted by molar-refractivity contribution is 7.87. The monoisotopic (exact) mass is 258 g/mol. The van der Waals surface area contributed by atoms with E-state index in [0.717, 1.165) is 0 Å². The van der Waals surface area contributed by atoms with Gasteiger partial charge in [0.1, 0.15) is 6.04 Å². The van der Waals surface area contributed by atoms with Crippen LogP contribution in [0.25, 0.3) is 0 Å². The first kappa shape index (κ1) is 13.4. The quantitative estimate of drug-likeness (QED) is 0.247. The van der Waals surface area contributed by atoms with Crippen molar-refractivity contribution in [2.75, 3.05) is 7.05 Å². The van der Waals surface area contributed by atoms with Crippen LogP contribution in [0.15, 0.2) is 35.5 Å². The summed E-state index contributed by atoms with van der Waals surface area (Å²) in [6.07, 6.45) is 0. The Morgan fingerprint density at radius 3 is 2.47 bits per heavy atom. The lowest BCUT2D eigenvalue weighted by Gasteiger charge is -2.17. The lowest BCUT2D eigenvalue weighted by molar-refractivity contribution is 0.315. The Labute approximate surface area is 99.5 Å². The van der Waals surface area contributed by atoms with Crippen LogP contribution in [0, 0.1) is 0 Å². The number of amidine groups is 1. The highest BCUT2D eigenvalue weighted by Crippen LogP contribution is 2.13. The number of nitrogens with one attached hydrogen (secondary N) is 2. The summed E-state index contributed by atoms with van der Waals surface area (Å²) >= 11 is 0. The molecule has 8 heteroatoms. The average Bonchev–Trinajstić information content (AvgIpc) is 2.36. The molecule has 0 fully saturated rings. The van der Waals surface area contributed by atoms with Gasteiger partial charge < -0.3 is 10.9 Å². The SMILES string of the molecule is CNS(=O)(=O)NC(/C(N)=N/O)c1ccccc1. The van der Waals surface area contributed by atoms with Crippen molar-refractivity contribution in [3.8, 4) is 0 Å². The van der Waals surface area contributed by atoms with Crippen molar-refractivity contribution in [2.45, 2.75) is 6.04 Å². The zero-order valence-corrected chi connectivity index (χ0v) is 9.98. The Morgan fingerprint density at radius 1 is 1.41 bits per heavy atom. The van der Waals surface area contributed by atoms with Crippen LogP contribution < -0.4 is 15.2 Å². The second kappa shape index (κ2) is 5.62. The summed E-state index contributed by atoms with van der Waals surface area (Å²) in [5.41, 5.74) is 6.03. The number of rotatable bonds is 5. The van der Waals surface area contributed by atoms with E-state index in [1.807, 2.05) is 0 Å². The third-order valence-electron chi connectivity index (χ3n) is 2.09. The van der Waals surface area contributed by atoms with Gasteiger partial charge in [-0.1, -0.05) is 35.5 Å². The second-order valence-electron chi connectivity index (χ2n) is 3.19. The van der Waals surface area contributed by atoms with E-state index in [4.69, 9.17) is 10.9 Å². The molecule has 0 heterocycles. The standard InChI is InChI=1S/C9H14N4O3S/c1-11-17(15,16)13-8(9(10)12-14)7-5-3-2-4-6-7/h2-6,8,11,13-14H,1H3,(H2,10,12). The fourth-order valence-corrected chi connectivity index (χ4v) is 1.90. The van der Waals surface area contributed by atoms with Gasteiger partial charge in [0.05, 0.1) is 0 Å². The minimum absolute atomic E-state index is 0.241. The largest absolute Gasteiger partial charge is 0.409 e. The van der Waals surface area contributed by atoms with Crippen LogP contribution in [0.4, 0.5) is 0 Å². The van der Waals surface area contributed by atoms with Gasteiger partial charge in [0.2, 0.25) is 0 Å². The maximum absolute atomic E-state index is 11.4. The maximum atomic E-state index is 11.4. The molecule has 1 atom stereocenters. The summed E-state index contributed by atoms with van der Waals surface area (Å²) in [6.45, 7) is 0. The van der Waals surface area contributed by atoms with Gasteiger partial charge >= 0.3 is 0 Å². The molecule has 5 N–H and O–H groups in total. The molecular weight excluding hydrogens is 244 g/mol. The van der Waals surface area contributed by atoms with Gasteiger partial charge in [0, 0.05) is 7.05 Å². The molecule has 1 unspecified atom stereocenters. The minimum Gasteiger partial charge on any atom is -0.409 e. The van der Waals surface area contributed by atoms with E-state index in [9.17, 15) is 8.42 Å². The van der Waals surface area contributed by atoms with Crippen LogP contribution in [-0.4, -0.2) is 26.5 Å². The average molecular weight is 258 g/mol. The summed E-state index contributed by atoms with van der Waals surface area (Å²) in [7, 11) is -2.43. The lowest BCUT2D eigenvalue weighted by Crippen LogP contribution is -2.42. The molecule has 0 saturated heterocycles. The van der Waals surface area contributed by atoms with E-state index in [1.165, 1.54) is 7.05 Å². The normalized spacial score (nSPS) is 14.5. The molecule has 7 nitrogen and oxygen atoms in total. The third-order valence-corrected chi connectivity index (χ3v) is 3.17. The fourth-order valence-electron chi connectivity index (χ4n) is 1.22. The molecule has 0 spiro atoms. The molecule has 0 amide bonds. The Balaban J connectivity index is 3.07. The van der Waals surface area contributed by atoms with Gasteiger partial charge in [0.15, 0.2) is 5.84 Å². The van der Waals surface area contributed by atoms with Crippen LogP contribution in [-0.2, 0) is 10.2 Å². The van der Waals surface area contributed by atoms with Crippen LogP contribution in [0.5, 0.6) is 0 Å². The Kier molecular flexibility index (Phi) is 4.44. The Hall–Kier alpha value is -1.64. The van der Waals surface area contributed by atoms with Gasteiger partial charge in [-0.3, -0.25) is 0 Å². The molecule has 1 rings (SSSR count). The summed E-state index contributed by atoms with van der Waals surface area (Å²) in [5.74, 6) is -0.241. The zero-order valence-electron chi connectivity index (χ0n) is 9.16. The smallest absolute Gasteiger partial charge is 0.277 e. The van der Waals surface area contributed by atoms with Gasteiger partial charge in [-0.2, -0.15) is 13.1 Å². The first-order chi connectivity index (χ1) is 8.00. The van der Waals surface area contributed by atoms with Gasteiger partial charge in [-0.15, -0.1) is 0 Å². The third kappa shape index (κ3) is 3.70. The predicted octanol–water partition coefficient (Wildman–Crippen LogP) is -0.472. The highest BCUT2D eigenvalue weighted by atomic mass is 32.2. The molecule has 94 valence electrons. The first-order valence-corrected chi connectivity index (χ1v) is 6.21. The molecule has 0 aliphatic rings. The highest BCUT2D eigenvalue weighted by Gasteiger charge is 2.21. The predicted molar refractivity (Wildman–Crippen MR) is 63.7 cm³/mol. The number of benzene rings is 1. The minimum atomic E-state index is -3.69. The molecule has 1 aromatic rings. The summed E-state index contributed by atoms with van der Waals surface area (Å²) in [5, 5.41) is 11.5. The molecule has 0 bridgehead atoms. The number of nitrogens with zero attached hydrogens (tertiary/aromatic N) is 1. The van der Waals surface area contributed by atoms with Crippen molar-refractivity contribution in [1.82, 2.24) is 9.44 Å². The molecule has 17 heavy (non-hydrogen) atoms. The summed E-state index contributed by atoms with van der Waals surface area (Å²) in [4.78, 5) is 0. The molecular formula is C9H14N4O3S. The Morgan fingerprint density at radius 2 is 2.00 bits per heavy atom. The van der Waals surface area contributed by atoms with E-state index in [0.29, 0.717) is 5.56 Å². The van der Waals surface area contributed by atoms with Crippen LogP contribution in [0.1, 0.15) is 11.6 Å². The molecule has 0 radical (unpaired) electrons. The Bertz CT molecular complexity index is 486. The van der Waals surface area contributed by atoms with Crippen molar-refractivity contribution in [3.05, 3.63) is 35.9 Å². The van der Waals surface area contributed by atoms with Gasteiger partial charge in [-0.25, -0.2) is 4.72 Å². The summed E-state index contributed by atoms with van der Waals surface area (Å²) in [6, 6.07) is 7.64. The van der Waals surface area contributed by atoms with E-state index < -0.39 is 16.3 Å². The van der Waals surface area contributed by atoms with Crippen LogP contribution in [0.3, 0.4) is 0 Å². The fraction of sp³-hybridized carbons (Fsp3) is 0.222. The molecule has 0 aliphatic heterocycles. The topological polar surface area (TPSA) is 117 Å². The summed E-state index contributed by atoms with van der Waals surface area (Å²) < 4.78 is 27.1. The van der Waals surface area contributed by atoms with Crippen molar-refractivity contribution >= 4 is 16.0 Å². The second-order valence-corrected chi connectivity index (χ2v) is 4.84. The maximum Gasteiger partial charge on any atom is 0.277 e. The number of oxime groups is 1. The van der Waals surface area contributed by atoms with Gasteiger partial charge in [0.25, 0.3) is 10.2 Å². The van der Waals surface area contributed by atoms with Crippen molar-refractivity contribution < 1.29 is 13.6 Å². The van der Waals surface area contributed by atoms with E-state index in [-0.39, 0.29) is 5.84 Å². The van der Waals surface area contributed by atoms with Gasteiger partial charge in [-0.05, 0) is 5.56 Å². The van der Waals surface area contributed by atoms with Crippen LogP contribution in [0.2, 0.25) is 0 Å². The lowest BCUT2D eigenvalue weighted by atomic mass is 10.1. The number of hydrogen-bond acceptors (Lipinski definition) is 4. The van der Waals surface area contributed by atoms with Crippen molar-refractivity contribution in [2.24, 2.45) is 10.9 Å². The van der Waals surface area contributed by atoms with Crippen molar-refractivity contribution in [3.63, 3.8) is 0 Å². The zero-order chi connectivity index (χ0) is 12.9. The first-order valence-electron chi connectivity index (χ1n) is 4.73.